The van der Waals surface area contributed by atoms with Crippen molar-refractivity contribution in [2.24, 2.45) is 10.7 Å². The predicted molar refractivity (Wildman–Crippen MR) is 110 cm³/mol. The molecule has 5 rings (SSSR count). The Morgan fingerprint density at radius 3 is 2.63 bits per heavy atom. The fraction of sp³-hybridized carbons (Fsp3) is 0.238. The van der Waals surface area contributed by atoms with Gasteiger partial charge in [0.2, 0.25) is 0 Å². The molecular formula is C21H22N4OS. The molecule has 138 valence electrons. The second-order valence-electron chi connectivity index (χ2n) is 6.48. The van der Waals surface area contributed by atoms with E-state index >= 15 is 0 Å². The molecule has 0 unspecified atom stereocenters. The summed E-state index contributed by atoms with van der Waals surface area (Å²) in [4.78, 5) is 8.35. The average Bonchev–Trinajstić information content (AvgIpc) is 3.38. The Balaban J connectivity index is 0.000000167. The number of rotatable bonds is 3. The zero-order valence-electron chi connectivity index (χ0n) is 15.0. The van der Waals surface area contributed by atoms with Gasteiger partial charge in [-0.25, -0.2) is 4.98 Å². The highest BCUT2D eigenvalue weighted by Crippen LogP contribution is 2.27. The summed E-state index contributed by atoms with van der Waals surface area (Å²) < 4.78 is 5.20. The number of anilines is 1. The molecule has 3 N–H and O–H groups in total. The van der Waals surface area contributed by atoms with Crippen molar-refractivity contribution in [3.05, 3.63) is 75.7 Å². The van der Waals surface area contributed by atoms with Crippen molar-refractivity contribution >= 4 is 28.7 Å². The molecule has 0 fully saturated rings. The highest BCUT2D eigenvalue weighted by atomic mass is 32.1. The van der Waals surface area contributed by atoms with Crippen LogP contribution >= 0.6 is 11.3 Å². The zero-order valence-corrected chi connectivity index (χ0v) is 15.8. The van der Waals surface area contributed by atoms with Gasteiger partial charge in [0.25, 0.3) is 6.02 Å². The van der Waals surface area contributed by atoms with Crippen LogP contribution in [0.5, 0.6) is 0 Å². The van der Waals surface area contributed by atoms with Crippen LogP contribution in [0.1, 0.15) is 28.1 Å². The smallest absolute Gasteiger partial charge is 0.287 e. The van der Waals surface area contributed by atoms with Gasteiger partial charge in [0, 0.05) is 22.8 Å². The molecule has 27 heavy (non-hydrogen) atoms. The summed E-state index contributed by atoms with van der Waals surface area (Å²) in [6, 6.07) is 14.9. The average molecular weight is 379 g/mol. The Labute approximate surface area is 162 Å². The van der Waals surface area contributed by atoms with E-state index in [9.17, 15) is 0 Å². The third kappa shape index (κ3) is 4.46. The van der Waals surface area contributed by atoms with Crippen molar-refractivity contribution in [3.8, 4) is 0 Å². The van der Waals surface area contributed by atoms with Crippen LogP contribution < -0.4 is 11.1 Å². The van der Waals surface area contributed by atoms with Crippen molar-refractivity contribution in [2.75, 3.05) is 5.32 Å². The van der Waals surface area contributed by atoms with Crippen LogP contribution in [0.4, 0.5) is 11.4 Å². The topological polar surface area (TPSA) is 72.5 Å². The van der Waals surface area contributed by atoms with E-state index in [1.54, 1.807) is 28.7 Å². The monoisotopic (exact) mass is 378 g/mol. The Bertz CT molecular complexity index is 914. The number of hydrogen-bond donors (Lipinski definition) is 2. The molecule has 2 aliphatic rings. The van der Waals surface area contributed by atoms with Gasteiger partial charge in [0.05, 0.1) is 12.2 Å². The number of hydrogen-bond acceptors (Lipinski definition) is 6. The van der Waals surface area contributed by atoms with Crippen LogP contribution in [0.25, 0.3) is 0 Å². The summed E-state index contributed by atoms with van der Waals surface area (Å²) in [5.74, 6) is 0. The summed E-state index contributed by atoms with van der Waals surface area (Å²) in [5.41, 5.74) is 11.6. The van der Waals surface area contributed by atoms with Crippen molar-refractivity contribution < 1.29 is 4.74 Å². The number of aliphatic imine (C=N–C) groups is 1. The SMILES string of the molecule is NC1=Nc2ccc(NCc3nccs3)cc2CO1.c1ccc2c(c1)CCC2. The van der Waals surface area contributed by atoms with E-state index in [4.69, 9.17) is 10.5 Å². The molecule has 5 nitrogen and oxygen atoms in total. The molecule has 6 heteroatoms. The standard InChI is InChI=1S/C12H12N4OS.C9H10/c13-12-16-10-2-1-9(5-8(10)7-17-12)15-6-11-14-3-4-18-11;1-2-5-9-7-3-6-8(9)4-1/h1-5,15H,6-7H2,(H2,13,16);1-2,4-5H,3,6-7H2. The summed E-state index contributed by atoms with van der Waals surface area (Å²) in [5, 5.41) is 6.35. The summed E-state index contributed by atoms with van der Waals surface area (Å²) >= 11 is 1.63. The van der Waals surface area contributed by atoms with Crippen LogP contribution in [0.3, 0.4) is 0 Å². The first-order chi connectivity index (χ1) is 13.3. The van der Waals surface area contributed by atoms with Crippen molar-refractivity contribution in [1.29, 1.82) is 0 Å². The van der Waals surface area contributed by atoms with E-state index in [0.29, 0.717) is 6.61 Å². The Hall–Kier alpha value is -2.86. The molecule has 2 aromatic carbocycles. The number of thiazole rings is 1. The predicted octanol–water partition coefficient (Wildman–Crippen LogP) is 4.41. The first-order valence-corrected chi connectivity index (χ1v) is 9.95. The lowest BCUT2D eigenvalue weighted by Gasteiger charge is -2.15. The van der Waals surface area contributed by atoms with Crippen LogP contribution in [0.15, 0.2) is 59.0 Å². The molecule has 1 aromatic heterocycles. The molecule has 0 amide bonds. The van der Waals surface area contributed by atoms with Gasteiger partial charge < -0.3 is 15.8 Å². The number of aromatic nitrogens is 1. The highest BCUT2D eigenvalue weighted by Gasteiger charge is 2.11. The third-order valence-corrected chi connectivity index (χ3v) is 5.40. The van der Waals surface area contributed by atoms with Gasteiger partial charge in [0.1, 0.15) is 11.6 Å². The molecule has 0 saturated heterocycles. The third-order valence-electron chi connectivity index (χ3n) is 4.62. The van der Waals surface area contributed by atoms with Crippen LogP contribution in [-0.2, 0) is 30.7 Å². The van der Waals surface area contributed by atoms with Gasteiger partial charge in [-0.1, -0.05) is 24.3 Å². The van der Waals surface area contributed by atoms with Gasteiger partial charge in [-0.3, -0.25) is 0 Å². The lowest BCUT2D eigenvalue weighted by atomic mass is 10.1. The van der Waals surface area contributed by atoms with Crippen LogP contribution in [0, 0.1) is 0 Å². The van der Waals surface area contributed by atoms with Gasteiger partial charge in [-0.15, -0.1) is 11.3 Å². The second-order valence-corrected chi connectivity index (χ2v) is 7.46. The molecule has 2 heterocycles. The number of fused-ring (bicyclic) bond motifs is 2. The first kappa shape index (κ1) is 17.5. The highest BCUT2D eigenvalue weighted by molar-refractivity contribution is 7.09. The first-order valence-electron chi connectivity index (χ1n) is 9.07. The van der Waals surface area contributed by atoms with Crippen molar-refractivity contribution in [2.45, 2.75) is 32.4 Å². The molecule has 3 aromatic rings. The fourth-order valence-corrected chi connectivity index (χ4v) is 3.81. The normalized spacial score (nSPS) is 14.1. The quantitative estimate of drug-likeness (QED) is 0.708. The maximum absolute atomic E-state index is 5.52. The van der Waals surface area contributed by atoms with E-state index < -0.39 is 0 Å². The summed E-state index contributed by atoms with van der Waals surface area (Å²) in [7, 11) is 0. The maximum Gasteiger partial charge on any atom is 0.287 e. The lowest BCUT2D eigenvalue weighted by molar-refractivity contribution is 0.282. The summed E-state index contributed by atoms with van der Waals surface area (Å²) in [6.45, 7) is 1.19. The largest absolute Gasteiger partial charge is 0.460 e. The molecular weight excluding hydrogens is 356 g/mol. The van der Waals surface area contributed by atoms with Gasteiger partial charge in [-0.2, -0.15) is 4.99 Å². The summed E-state index contributed by atoms with van der Waals surface area (Å²) in [6.07, 6.45) is 5.77. The minimum absolute atomic E-state index is 0.228. The van der Waals surface area contributed by atoms with Gasteiger partial charge in [0.15, 0.2) is 0 Å². The Morgan fingerprint density at radius 1 is 1.07 bits per heavy atom. The zero-order chi connectivity index (χ0) is 18.5. The molecule has 1 aliphatic heterocycles. The maximum atomic E-state index is 5.52. The lowest BCUT2D eigenvalue weighted by Crippen LogP contribution is -2.18. The molecule has 0 atom stereocenters. The Kier molecular flexibility index (Phi) is 5.34. The molecule has 1 aliphatic carbocycles. The number of aryl methyl sites for hydroxylation is 2. The number of amidine groups is 1. The van der Waals surface area contributed by atoms with Crippen molar-refractivity contribution in [1.82, 2.24) is 4.98 Å². The number of ether oxygens (including phenoxy) is 1. The number of nitrogens with one attached hydrogen (secondary N) is 1. The van der Waals surface area contributed by atoms with Gasteiger partial charge >= 0.3 is 0 Å². The van der Waals surface area contributed by atoms with E-state index in [1.807, 2.05) is 23.6 Å². The molecule has 0 saturated carbocycles. The van der Waals surface area contributed by atoms with Crippen LogP contribution in [0.2, 0.25) is 0 Å². The minimum Gasteiger partial charge on any atom is -0.460 e. The number of nitrogens with zero attached hydrogens (tertiary/aromatic N) is 2. The fourth-order valence-electron chi connectivity index (χ4n) is 3.26. The second kappa shape index (κ2) is 8.22. The number of nitrogens with two attached hydrogens (primary N) is 1. The molecule has 0 bridgehead atoms. The molecule has 0 radical (unpaired) electrons. The van der Waals surface area contributed by atoms with E-state index in [0.717, 1.165) is 28.5 Å². The van der Waals surface area contributed by atoms with E-state index in [1.165, 1.54) is 19.3 Å². The van der Waals surface area contributed by atoms with Crippen LogP contribution in [-0.4, -0.2) is 11.0 Å². The van der Waals surface area contributed by atoms with E-state index in [2.05, 4.69) is 39.6 Å². The number of benzene rings is 2. The van der Waals surface area contributed by atoms with E-state index in [-0.39, 0.29) is 6.02 Å². The Morgan fingerprint density at radius 2 is 1.89 bits per heavy atom. The minimum atomic E-state index is 0.228. The van der Waals surface area contributed by atoms with Gasteiger partial charge in [-0.05, 0) is 48.6 Å². The molecule has 0 spiro atoms. The van der Waals surface area contributed by atoms with Crippen molar-refractivity contribution in [3.63, 3.8) is 0 Å².